The summed E-state index contributed by atoms with van der Waals surface area (Å²) in [4.78, 5) is 17.6. The van der Waals surface area contributed by atoms with Crippen LogP contribution in [0.25, 0.3) is 11.1 Å². The van der Waals surface area contributed by atoms with E-state index in [1.165, 1.54) is 6.07 Å². The molecule has 2 aromatic heterocycles. The molecule has 0 saturated carbocycles. The van der Waals surface area contributed by atoms with E-state index in [-0.39, 0.29) is 5.75 Å². The number of H-pyrrole nitrogens is 1. The molecule has 0 aromatic carbocycles. The smallest absolute Gasteiger partial charge is 0.290 e. The molecule has 0 aliphatic heterocycles. The first-order valence-corrected chi connectivity index (χ1v) is 4.52. The third kappa shape index (κ3) is 1.74. The van der Waals surface area contributed by atoms with Gasteiger partial charge in [-0.25, -0.2) is 0 Å². The van der Waals surface area contributed by atoms with Gasteiger partial charge in [0.25, 0.3) is 5.56 Å². The van der Waals surface area contributed by atoms with E-state index in [4.69, 9.17) is 0 Å². The topological polar surface area (TPSA) is 66.0 Å². The molecule has 0 aliphatic rings. The van der Waals surface area contributed by atoms with Gasteiger partial charge in [-0.2, -0.15) is 0 Å². The average molecular weight is 202 g/mol. The summed E-state index contributed by atoms with van der Waals surface area (Å²) >= 11 is 0. The van der Waals surface area contributed by atoms with Crippen LogP contribution in [0.3, 0.4) is 0 Å². The third-order valence-electron chi connectivity index (χ3n) is 2.21. The fourth-order valence-corrected chi connectivity index (χ4v) is 1.44. The lowest BCUT2D eigenvalue weighted by atomic mass is 10.1. The zero-order valence-electron chi connectivity index (χ0n) is 8.19. The van der Waals surface area contributed by atoms with Gasteiger partial charge in [0.2, 0.25) is 0 Å². The molecule has 15 heavy (non-hydrogen) atoms. The van der Waals surface area contributed by atoms with Crippen molar-refractivity contribution in [3.05, 3.63) is 46.6 Å². The summed E-state index contributed by atoms with van der Waals surface area (Å²) in [6.45, 7) is 1.79. The van der Waals surface area contributed by atoms with Gasteiger partial charge in [-0.05, 0) is 30.7 Å². The highest BCUT2D eigenvalue weighted by Crippen LogP contribution is 2.22. The van der Waals surface area contributed by atoms with E-state index in [1.54, 1.807) is 19.3 Å². The Morgan fingerprint density at radius 2 is 2.00 bits per heavy atom. The van der Waals surface area contributed by atoms with Crippen LogP contribution in [0.2, 0.25) is 0 Å². The number of hydrogen-bond acceptors (Lipinski definition) is 3. The minimum atomic E-state index is -0.467. The fourth-order valence-electron chi connectivity index (χ4n) is 1.44. The first kappa shape index (κ1) is 9.45. The van der Waals surface area contributed by atoms with Crippen LogP contribution in [-0.4, -0.2) is 15.1 Å². The third-order valence-corrected chi connectivity index (χ3v) is 2.21. The van der Waals surface area contributed by atoms with Crippen molar-refractivity contribution in [2.45, 2.75) is 6.92 Å². The second-order valence-corrected chi connectivity index (χ2v) is 3.26. The zero-order chi connectivity index (χ0) is 10.8. The van der Waals surface area contributed by atoms with Crippen LogP contribution < -0.4 is 5.56 Å². The minimum Gasteiger partial charge on any atom is -0.503 e. The van der Waals surface area contributed by atoms with E-state index in [0.717, 1.165) is 16.8 Å². The van der Waals surface area contributed by atoms with Crippen LogP contribution in [0.4, 0.5) is 0 Å². The number of aromatic nitrogens is 2. The van der Waals surface area contributed by atoms with E-state index in [2.05, 4.69) is 9.97 Å². The minimum absolute atomic E-state index is 0.271. The molecular weight excluding hydrogens is 192 g/mol. The molecule has 2 heterocycles. The van der Waals surface area contributed by atoms with Crippen LogP contribution in [0.5, 0.6) is 5.75 Å². The van der Waals surface area contributed by atoms with Crippen molar-refractivity contribution in [1.29, 1.82) is 0 Å². The second kappa shape index (κ2) is 3.57. The molecule has 0 unspecified atom stereocenters. The summed E-state index contributed by atoms with van der Waals surface area (Å²) in [6.07, 6.45) is 3.33. The second-order valence-electron chi connectivity index (χ2n) is 3.26. The standard InChI is InChI=1S/C11H10N2O2/c1-7-9(6-10(14)11(15)13-7)8-2-4-12-5-3-8/h2-6,14H,1H3,(H,13,15). The maximum Gasteiger partial charge on any atom is 0.290 e. The molecule has 0 fully saturated rings. The number of aryl methyl sites for hydroxylation is 1. The van der Waals surface area contributed by atoms with Gasteiger partial charge in [0.15, 0.2) is 5.75 Å². The summed E-state index contributed by atoms with van der Waals surface area (Å²) < 4.78 is 0. The molecule has 0 aliphatic carbocycles. The lowest BCUT2D eigenvalue weighted by Crippen LogP contribution is -2.07. The molecule has 0 amide bonds. The maximum absolute atomic E-state index is 11.1. The Hall–Kier alpha value is -2.10. The first-order valence-electron chi connectivity index (χ1n) is 4.52. The number of rotatable bonds is 1. The number of aromatic amines is 1. The molecule has 4 nitrogen and oxygen atoms in total. The molecule has 2 aromatic rings. The lowest BCUT2D eigenvalue weighted by Gasteiger charge is -2.05. The van der Waals surface area contributed by atoms with E-state index in [9.17, 15) is 9.90 Å². The number of pyridine rings is 2. The largest absolute Gasteiger partial charge is 0.503 e. The number of hydrogen-bond donors (Lipinski definition) is 2. The van der Waals surface area contributed by atoms with E-state index in [1.807, 2.05) is 12.1 Å². The van der Waals surface area contributed by atoms with Gasteiger partial charge in [0.05, 0.1) is 0 Å². The zero-order valence-corrected chi connectivity index (χ0v) is 8.19. The first-order chi connectivity index (χ1) is 7.18. The van der Waals surface area contributed by atoms with Crippen molar-refractivity contribution >= 4 is 0 Å². The van der Waals surface area contributed by atoms with E-state index >= 15 is 0 Å². The molecule has 0 bridgehead atoms. The molecule has 2 rings (SSSR count). The van der Waals surface area contributed by atoms with Crippen LogP contribution in [0.15, 0.2) is 35.4 Å². The Bertz CT molecular complexity index is 532. The highest BCUT2D eigenvalue weighted by molar-refractivity contribution is 5.66. The summed E-state index contributed by atoms with van der Waals surface area (Å²) in [7, 11) is 0. The van der Waals surface area contributed by atoms with Crippen LogP contribution >= 0.6 is 0 Å². The van der Waals surface area contributed by atoms with Gasteiger partial charge in [-0.15, -0.1) is 0 Å². The van der Waals surface area contributed by atoms with Gasteiger partial charge in [-0.1, -0.05) is 0 Å². The van der Waals surface area contributed by atoms with Crippen LogP contribution in [-0.2, 0) is 0 Å². The molecule has 2 N–H and O–H groups in total. The lowest BCUT2D eigenvalue weighted by molar-refractivity contribution is 0.466. The Labute approximate surface area is 86.2 Å². The summed E-state index contributed by atoms with van der Waals surface area (Å²) in [5.74, 6) is -0.271. The Morgan fingerprint density at radius 3 is 2.67 bits per heavy atom. The quantitative estimate of drug-likeness (QED) is 0.735. The van der Waals surface area contributed by atoms with Crippen molar-refractivity contribution < 1.29 is 5.11 Å². The average Bonchev–Trinajstić information content (AvgIpc) is 2.25. The fraction of sp³-hybridized carbons (Fsp3) is 0.0909. The van der Waals surface area contributed by atoms with Crippen molar-refractivity contribution in [2.75, 3.05) is 0 Å². The predicted octanol–water partition coefficient (Wildman–Crippen LogP) is 1.45. The molecule has 4 heteroatoms. The highest BCUT2D eigenvalue weighted by Gasteiger charge is 2.05. The van der Waals surface area contributed by atoms with E-state index < -0.39 is 5.56 Å². The van der Waals surface area contributed by atoms with E-state index in [0.29, 0.717) is 0 Å². The predicted molar refractivity (Wildman–Crippen MR) is 56.7 cm³/mol. The van der Waals surface area contributed by atoms with Gasteiger partial charge in [0.1, 0.15) is 0 Å². The van der Waals surface area contributed by atoms with Crippen LogP contribution in [0.1, 0.15) is 5.69 Å². The SMILES string of the molecule is Cc1[nH]c(=O)c(O)cc1-c1ccncc1. The molecule has 0 saturated heterocycles. The molecular formula is C11H10N2O2. The molecule has 0 radical (unpaired) electrons. The number of nitrogens with one attached hydrogen (secondary N) is 1. The summed E-state index contributed by atoms with van der Waals surface area (Å²) in [5, 5.41) is 9.33. The number of aromatic hydroxyl groups is 1. The van der Waals surface area contributed by atoms with Crippen molar-refractivity contribution in [3.8, 4) is 16.9 Å². The highest BCUT2D eigenvalue weighted by atomic mass is 16.3. The molecule has 76 valence electrons. The van der Waals surface area contributed by atoms with Crippen molar-refractivity contribution in [2.24, 2.45) is 0 Å². The Morgan fingerprint density at radius 1 is 1.33 bits per heavy atom. The summed E-state index contributed by atoms with van der Waals surface area (Å²) in [6, 6.07) is 5.10. The maximum atomic E-state index is 11.1. The normalized spacial score (nSPS) is 10.2. The Kier molecular flexibility index (Phi) is 2.25. The van der Waals surface area contributed by atoms with Crippen molar-refractivity contribution in [3.63, 3.8) is 0 Å². The molecule has 0 spiro atoms. The van der Waals surface area contributed by atoms with Gasteiger partial charge in [-0.3, -0.25) is 9.78 Å². The van der Waals surface area contributed by atoms with Crippen molar-refractivity contribution in [1.82, 2.24) is 9.97 Å². The molecule has 0 atom stereocenters. The number of nitrogens with zero attached hydrogens (tertiary/aromatic N) is 1. The van der Waals surface area contributed by atoms with Gasteiger partial charge >= 0.3 is 0 Å². The summed E-state index contributed by atoms with van der Waals surface area (Å²) in [5.41, 5.74) is 1.97. The van der Waals surface area contributed by atoms with Gasteiger partial charge in [0, 0.05) is 23.7 Å². The monoisotopic (exact) mass is 202 g/mol. The van der Waals surface area contributed by atoms with Crippen LogP contribution in [0, 0.1) is 6.92 Å². The Balaban J connectivity index is 2.64. The van der Waals surface area contributed by atoms with Gasteiger partial charge < -0.3 is 10.1 Å².